The second-order valence-corrected chi connectivity index (χ2v) is 12.4. The third-order valence-electron chi connectivity index (χ3n) is 4.81. The fourth-order valence-electron chi connectivity index (χ4n) is 3.13. The summed E-state index contributed by atoms with van der Waals surface area (Å²) < 4.78 is 48.3. The van der Waals surface area contributed by atoms with Crippen LogP contribution in [-0.4, -0.2) is 76.0 Å². The summed E-state index contributed by atoms with van der Waals surface area (Å²) in [5, 5.41) is 0. The molecule has 0 aromatic heterocycles. The maximum Gasteiger partial charge on any atom is 0.211 e. The van der Waals surface area contributed by atoms with E-state index in [1.165, 1.54) is 16.8 Å². The number of rotatable bonds is 12. The van der Waals surface area contributed by atoms with Crippen molar-refractivity contribution in [3.05, 3.63) is 0 Å². The second kappa shape index (κ2) is 9.67. The fourth-order valence-corrected chi connectivity index (χ4v) is 4.66. The van der Waals surface area contributed by atoms with Crippen LogP contribution in [0.3, 0.4) is 0 Å². The predicted octanol–water partition coefficient (Wildman–Crippen LogP) is 2.22. The average molecular weight is 399 g/mol. The SMILES string of the molecule is CCCC(CN(CCS(C)(=O)=O)C(C)C)CC(C)(C)N(C)S(C)(=O)=O. The van der Waals surface area contributed by atoms with E-state index in [1.54, 1.807) is 7.05 Å². The first-order valence-corrected chi connectivity index (χ1v) is 12.9. The summed E-state index contributed by atoms with van der Waals surface area (Å²) in [7, 11) is -4.63. The molecule has 1 atom stereocenters. The minimum absolute atomic E-state index is 0.149. The number of hydrogen-bond donors (Lipinski definition) is 0. The van der Waals surface area contributed by atoms with E-state index in [1.807, 2.05) is 13.8 Å². The van der Waals surface area contributed by atoms with Crippen molar-refractivity contribution in [2.24, 2.45) is 5.92 Å². The third-order valence-corrected chi connectivity index (χ3v) is 7.22. The van der Waals surface area contributed by atoms with Gasteiger partial charge < -0.3 is 0 Å². The topological polar surface area (TPSA) is 74.8 Å². The van der Waals surface area contributed by atoms with E-state index in [2.05, 4.69) is 25.7 Å². The maximum absolute atomic E-state index is 11.9. The molecule has 8 heteroatoms. The van der Waals surface area contributed by atoms with Crippen LogP contribution < -0.4 is 0 Å². The smallest absolute Gasteiger partial charge is 0.211 e. The normalized spacial score (nSPS) is 15.3. The molecule has 0 aliphatic heterocycles. The van der Waals surface area contributed by atoms with Gasteiger partial charge in [-0.2, -0.15) is 4.31 Å². The molecule has 1 unspecified atom stereocenters. The molecule has 0 radical (unpaired) electrons. The van der Waals surface area contributed by atoms with Crippen molar-refractivity contribution in [1.29, 1.82) is 0 Å². The molecule has 0 heterocycles. The summed E-state index contributed by atoms with van der Waals surface area (Å²) in [6.07, 6.45) is 5.24. The molecule has 0 N–H and O–H groups in total. The Bertz CT molecular complexity index is 598. The zero-order chi connectivity index (χ0) is 20.1. The Labute approximate surface area is 155 Å². The molecule has 25 heavy (non-hydrogen) atoms. The van der Waals surface area contributed by atoms with Gasteiger partial charge in [0.15, 0.2) is 0 Å². The Morgan fingerprint density at radius 1 is 1.04 bits per heavy atom. The highest BCUT2D eigenvalue weighted by molar-refractivity contribution is 7.90. The molecule has 6 nitrogen and oxygen atoms in total. The molecular weight excluding hydrogens is 360 g/mol. The highest BCUT2D eigenvalue weighted by atomic mass is 32.2. The minimum atomic E-state index is -3.26. The Kier molecular flexibility index (Phi) is 9.60. The first-order valence-electron chi connectivity index (χ1n) is 8.96. The van der Waals surface area contributed by atoms with Crippen LogP contribution in [-0.2, 0) is 19.9 Å². The van der Waals surface area contributed by atoms with E-state index in [4.69, 9.17) is 0 Å². The van der Waals surface area contributed by atoms with Gasteiger partial charge in [-0.15, -0.1) is 0 Å². The van der Waals surface area contributed by atoms with Crippen LogP contribution in [0.4, 0.5) is 0 Å². The van der Waals surface area contributed by atoms with Crippen LogP contribution in [0.2, 0.25) is 0 Å². The van der Waals surface area contributed by atoms with E-state index >= 15 is 0 Å². The number of sulfonamides is 1. The van der Waals surface area contributed by atoms with Gasteiger partial charge in [0.1, 0.15) is 9.84 Å². The van der Waals surface area contributed by atoms with Crippen molar-refractivity contribution in [1.82, 2.24) is 9.21 Å². The van der Waals surface area contributed by atoms with Crippen molar-refractivity contribution in [3.63, 3.8) is 0 Å². The Morgan fingerprint density at radius 2 is 1.56 bits per heavy atom. The summed E-state index contributed by atoms with van der Waals surface area (Å²) in [6, 6.07) is 0.247. The van der Waals surface area contributed by atoms with Gasteiger partial charge in [-0.05, 0) is 46.5 Å². The zero-order valence-electron chi connectivity index (χ0n) is 17.2. The van der Waals surface area contributed by atoms with Gasteiger partial charge in [0.25, 0.3) is 0 Å². The molecule has 0 rings (SSSR count). The highest BCUT2D eigenvalue weighted by Gasteiger charge is 2.33. The van der Waals surface area contributed by atoms with Crippen LogP contribution in [0.1, 0.15) is 53.9 Å². The lowest BCUT2D eigenvalue weighted by Gasteiger charge is -2.39. The standard InChI is InChI=1S/C17H38N2O4S2/c1-9-10-16(13-17(4,5)18(6)25(8,22)23)14-19(15(2)3)11-12-24(7,20)21/h15-16H,9-14H2,1-8H3. The summed E-state index contributed by atoms with van der Waals surface area (Å²) in [5.41, 5.74) is -0.479. The highest BCUT2D eigenvalue weighted by Crippen LogP contribution is 2.28. The molecule has 0 spiro atoms. The summed E-state index contributed by atoms with van der Waals surface area (Å²) in [5.74, 6) is 0.461. The Hall–Kier alpha value is -0.180. The molecule has 0 amide bonds. The fraction of sp³-hybridized carbons (Fsp3) is 1.00. The van der Waals surface area contributed by atoms with Gasteiger partial charge in [-0.25, -0.2) is 16.8 Å². The van der Waals surface area contributed by atoms with Crippen molar-refractivity contribution in [2.45, 2.75) is 65.5 Å². The Morgan fingerprint density at radius 3 is 1.92 bits per heavy atom. The van der Waals surface area contributed by atoms with Crippen LogP contribution in [0.15, 0.2) is 0 Å². The first kappa shape index (κ1) is 24.8. The van der Waals surface area contributed by atoms with E-state index in [0.29, 0.717) is 12.5 Å². The monoisotopic (exact) mass is 398 g/mol. The van der Waals surface area contributed by atoms with E-state index in [-0.39, 0.29) is 11.8 Å². The van der Waals surface area contributed by atoms with Gasteiger partial charge in [0.05, 0.1) is 12.0 Å². The molecule has 0 aliphatic carbocycles. The lowest BCUT2D eigenvalue weighted by Crippen LogP contribution is -2.47. The summed E-state index contributed by atoms with van der Waals surface area (Å²) in [6.45, 7) is 11.5. The van der Waals surface area contributed by atoms with E-state index < -0.39 is 25.4 Å². The lowest BCUT2D eigenvalue weighted by molar-refractivity contribution is 0.144. The largest absolute Gasteiger partial charge is 0.300 e. The van der Waals surface area contributed by atoms with Gasteiger partial charge in [0, 0.05) is 38.0 Å². The molecule has 0 saturated carbocycles. The second-order valence-electron chi connectivity index (χ2n) is 8.12. The van der Waals surface area contributed by atoms with Crippen molar-refractivity contribution in [3.8, 4) is 0 Å². The molecule has 0 aromatic carbocycles. The molecule has 152 valence electrons. The summed E-state index contributed by atoms with van der Waals surface area (Å²) >= 11 is 0. The molecule has 0 aliphatic rings. The van der Waals surface area contributed by atoms with Gasteiger partial charge in [0.2, 0.25) is 10.0 Å². The van der Waals surface area contributed by atoms with Crippen LogP contribution in [0, 0.1) is 5.92 Å². The molecular formula is C17H38N2O4S2. The number of nitrogens with zero attached hydrogens (tertiary/aromatic N) is 2. The number of sulfone groups is 1. The van der Waals surface area contributed by atoms with Crippen LogP contribution >= 0.6 is 0 Å². The predicted molar refractivity (Wildman–Crippen MR) is 106 cm³/mol. The minimum Gasteiger partial charge on any atom is -0.300 e. The molecule has 0 fully saturated rings. The van der Waals surface area contributed by atoms with Gasteiger partial charge in [-0.3, -0.25) is 4.90 Å². The van der Waals surface area contributed by atoms with E-state index in [9.17, 15) is 16.8 Å². The van der Waals surface area contributed by atoms with Crippen molar-refractivity contribution < 1.29 is 16.8 Å². The molecule has 0 aromatic rings. The van der Waals surface area contributed by atoms with Crippen molar-refractivity contribution in [2.75, 3.05) is 38.4 Å². The van der Waals surface area contributed by atoms with Crippen LogP contribution in [0.5, 0.6) is 0 Å². The zero-order valence-corrected chi connectivity index (χ0v) is 18.9. The van der Waals surface area contributed by atoms with E-state index in [0.717, 1.165) is 25.8 Å². The first-order chi connectivity index (χ1) is 11.1. The van der Waals surface area contributed by atoms with Gasteiger partial charge >= 0.3 is 0 Å². The Balaban J connectivity index is 5.19. The van der Waals surface area contributed by atoms with Crippen LogP contribution in [0.25, 0.3) is 0 Å². The molecule has 0 bridgehead atoms. The number of hydrogen-bond acceptors (Lipinski definition) is 5. The third kappa shape index (κ3) is 9.92. The van der Waals surface area contributed by atoms with Crippen molar-refractivity contribution >= 4 is 19.9 Å². The van der Waals surface area contributed by atoms with Gasteiger partial charge in [-0.1, -0.05) is 13.3 Å². The lowest BCUT2D eigenvalue weighted by atomic mass is 9.87. The summed E-state index contributed by atoms with van der Waals surface area (Å²) in [4.78, 5) is 2.19. The average Bonchev–Trinajstić information content (AvgIpc) is 2.39. The maximum atomic E-state index is 11.9. The quantitative estimate of drug-likeness (QED) is 0.504. The molecule has 0 saturated heterocycles.